The Labute approximate surface area is 111 Å². The van der Waals surface area contributed by atoms with E-state index in [1.807, 2.05) is 6.07 Å². The first-order valence-electron chi connectivity index (χ1n) is 5.87. The summed E-state index contributed by atoms with van der Waals surface area (Å²) < 4.78 is 17.9. The van der Waals surface area contributed by atoms with Crippen molar-refractivity contribution in [3.05, 3.63) is 66.0 Å². The summed E-state index contributed by atoms with van der Waals surface area (Å²) in [6.45, 7) is 0.367. The maximum Gasteiger partial charge on any atom is 0.415 e. The number of carbonyl (C=O) groups excluding carboxylic acids is 1. The van der Waals surface area contributed by atoms with E-state index in [1.54, 1.807) is 43.4 Å². The summed E-state index contributed by atoms with van der Waals surface area (Å²) >= 11 is 0. The van der Waals surface area contributed by atoms with Gasteiger partial charge in [-0.3, -0.25) is 0 Å². The molecule has 0 radical (unpaired) electrons. The number of benzene rings is 2. The third-order valence-corrected chi connectivity index (χ3v) is 2.59. The second-order valence-corrected chi connectivity index (χ2v) is 4.16. The first-order valence-corrected chi connectivity index (χ1v) is 5.87. The highest BCUT2D eigenvalue weighted by atomic mass is 19.1. The van der Waals surface area contributed by atoms with E-state index in [1.165, 1.54) is 17.0 Å². The van der Waals surface area contributed by atoms with E-state index >= 15 is 0 Å². The predicted molar refractivity (Wildman–Crippen MR) is 70.3 cm³/mol. The molecule has 2 aromatic rings. The van der Waals surface area contributed by atoms with Crippen LogP contribution in [0.4, 0.5) is 9.18 Å². The van der Waals surface area contributed by atoms with Crippen LogP contribution in [0, 0.1) is 5.82 Å². The van der Waals surface area contributed by atoms with Crippen molar-refractivity contribution in [1.82, 2.24) is 4.90 Å². The first kappa shape index (κ1) is 13.1. The van der Waals surface area contributed by atoms with Gasteiger partial charge in [0.1, 0.15) is 11.6 Å². The number of hydrogen-bond acceptors (Lipinski definition) is 2. The Morgan fingerprint density at radius 1 is 1.11 bits per heavy atom. The summed E-state index contributed by atoms with van der Waals surface area (Å²) in [5, 5.41) is 0. The van der Waals surface area contributed by atoms with Crippen LogP contribution in [-0.2, 0) is 6.54 Å². The van der Waals surface area contributed by atoms with E-state index in [0.717, 1.165) is 5.56 Å². The smallest absolute Gasteiger partial charge is 0.410 e. The normalized spacial score (nSPS) is 10.0. The maximum atomic E-state index is 12.8. The van der Waals surface area contributed by atoms with E-state index in [4.69, 9.17) is 4.74 Å². The summed E-state index contributed by atoms with van der Waals surface area (Å²) in [4.78, 5) is 13.2. The number of ether oxygens (including phenoxy) is 1. The van der Waals surface area contributed by atoms with E-state index in [-0.39, 0.29) is 5.82 Å². The fourth-order valence-electron chi connectivity index (χ4n) is 1.60. The molecule has 0 atom stereocenters. The van der Waals surface area contributed by atoms with Crippen LogP contribution in [0.5, 0.6) is 5.75 Å². The monoisotopic (exact) mass is 259 g/mol. The first-order chi connectivity index (χ1) is 9.15. The molecule has 0 heterocycles. The third kappa shape index (κ3) is 3.81. The fourth-order valence-corrected chi connectivity index (χ4v) is 1.60. The van der Waals surface area contributed by atoms with Crippen LogP contribution in [0.2, 0.25) is 0 Å². The number of rotatable bonds is 3. The maximum absolute atomic E-state index is 12.8. The molecule has 0 saturated heterocycles. The molecule has 98 valence electrons. The number of carbonyl (C=O) groups is 1. The molecule has 19 heavy (non-hydrogen) atoms. The lowest BCUT2D eigenvalue weighted by Gasteiger charge is -2.16. The zero-order valence-corrected chi connectivity index (χ0v) is 10.5. The number of halogens is 1. The molecule has 0 aliphatic carbocycles. The van der Waals surface area contributed by atoms with Gasteiger partial charge in [0.15, 0.2) is 0 Å². The predicted octanol–water partition coefficient (Wildman–Crippen LogP) is 3.46. The Bertz CT molecular complexity index is 540. The minimum Gasteiger partial charge on any atom is -0.410 e. The largest absolute Gasteiger partial charge is 0.415 e. The zero-order valence-electron chi connectivity index (χ0n) is 10.5. The minimum absolute atomic E-state index is 0.293. The Kier molecular flexibility index (Phi) is 4.13. The van der Waals surface area contributed by atoms with E-state index in [9.17, 15) is 9.18 Å². The van der Waals surface area contributed by atoms with Gasteiger partial charge in [-0.2, -0.15) is 0 Å². The molecule has 4 heteroatoms. The Morgan fingerprint density at radius 3 is 2.37 bits per heavy atom. The molecule has 0 N–H and O–H groups in total. The van der Waals surface area contributed by atoms with Crippen LogP contribution in [0.15, 0.2) is 54.6 Å². The number of para-hydroxylation sites is 1. The molecule has 2 aromatic carbocycles. The van der Waals surface area contributed by atoms with Crippen molar-refractivity contribution >= 4 is 6.09 Å². The molecule has 0 saturated carbocycles. The van der Waals surface area contributed by atoms with Crippen molar-refractivity contribution in [3.63, 3.8) is 0 Å². The number of amides is 1. The summed E-state index contributed by atoms with van der Waals surface area (Å²) in [6.07, 6.45) is -0.449. The second kappa shape index (κ2) is 6.00. The van der Waals surface area contributed by atoms with E-state index < -0.39 is 6.09 Å². The van der Waals surface area contributed by atoms with Crippen LogP contribution >= 0.6 is 0 Å². The van der Waals surface area contributed by atoms with Gasteiger partial charge >= 0.3 is 6.09 Å². The molecule has 0 aliphatic heterocycles. The summed E-state index contributed by atoms with van der Waals surface area (Å²) in [5.41, 5.74) is 0.842. The van der Waals surface area contributed by atoms with Crippen LogP contribution in [0.3, 0.4) is 0 Å². The highest BCUT2D eigenvalue weighted by molar-refractivity contribution is 5.70. The Morgan fingerprint density at radius 2 is 1.74 bits per heavy atom. The van der Waals surface area contributed by atoms with Gasteiger partial charge in [0.2, 0.25) is 0 Å². The molecule has 1 amide bonds. The van der Waals surface area contributed by atoms with Crippen LogP contribution in [0.25, 0.3) is 0 Å². The van der Waals surface area contributed by atoms with Crippen molar-refractivity contribution in [1.29, 1.82) is 0 Å². The van der Waals surface area contributed by atoms with Crippen LogP contribution in [-0.4, -0.2) is 18.0 Å². The topological polar surface area (TPSA) is 29.5 Å². The highest BCUT2D eigenvalue weighted by Crippen LogP contribution is 2.11. The Hall–Kier alpha value is -2.36. The van der Waals surface area contributed by atoms with Gasteiger partial charge in [-0.05, 0) is 29.8 Å². The highest BCUT2D eigenvalue weighted by Gasteiger charge is 2.11. The van der Waals surface area contributed by atoms with Gasteiger partial charge in [-0.15, -0.1) is 0 Å². The summed E-state index contributed by atoms with van der Waals surface area (Å²) in [7, 11) is 1.63. The average molecular weight is 259 g/mol. The molecule has 0 spiro atoms. The van der Waals surface area contributed by atoms with Crippen LogP contribution < -0.4 is 4.74 Å². The van der Waals surface area contributed by atoms with Gasteiger partial charge in [0.05, 0.1) is 0 Å². The fraction of sp³-hybridized carbons (Fsp3) is 0.133. The average Bonchev–Trinajstić information content (AvgIpc) is 2.42. The zero-order chi connectivity index (χ0) is 13.7. The van der Waals surface area contributed by atoms with E-state index in [0.29, 0.717) is 12.3 Å². The number of hydrogen-bond donors (Lipinski definition) is 0. The molecule has 0 unspecified atom stereocenters. The summed E-state index contributed by atoms with van der Waals surface area (Å²) in [6, 6.07) is 14.9. The van der Waals surface area contributed by atoms with Crippen molar-refractivity contribution in [2.45, 2.75) is 6.54 Å². The van der Waals surface area contributed by atoms with Crippen LogP contribution in [0.1, 0.15) is 5.56 Å². The van der Waals surface area contributed by atoms with Crippen molar-refractivity contribution in [2.75, 3.05) is 7.05 Å². The minimum atomic E-state index is -0.449. The van der Waals surface area contributed by atoms with E-state index in [2.05, 4.69) is 0 Å². The lowest BCUT2D eigenvalue weighted by molar-refractivity contribution is 0.161. The van der Waals surface area contributed by atoms with Gasteiger partial charge in [-0.1, -0.05) is 30.3 Å². The number of nitrogens with zero attached hydrogens (tertiary/aromatic N) is 1. The molecule has 0 fully saturated rings. The molecule has 0 aromatic heterocycles. The van der Waals surface area contributed by atoms with Crippen molar-refractivity contribution < 1.29 is 13.9 Å². The van der Waals surface area contributed by atoms with Gasteiger partial charge in [-0.25, -0.2) is 9.18 Å². The lowest BCUT2D eigenvalue weighted by Crippen LogP contribution is -2.29. The SMILES string of the molecule is CN(Cc1ccc(F)cc1)C(=O)Oc1ccccc1. The standard InChI is InChI=1S/C15H14FNO2/c1-17(11-12-7-9-13(16)10-8-12)15(18)19-14-5-3-2-4-6-14/h2-10H,11H2,1H3. The molecule has 2 rings (SSSR count). The molecular formula is C15H14FNO2. The molecular weight excluding hydrogens is 245 g/mol. The van der Waals surface area contributed by atoms with Gasteiger partial charge in [0, 0.05) is 13.6 Å². The van der Waals surface area contributed by atoms with Gasteiger partial charge in [0.25, 0.3) is 0 Å². The summed E-state index contributed by atoms with van der Waals surface area (Å²) in [5.74, 6) is 0.205. The Balaban J connectivity index is 1.94. The molecule has 0 bridgehead atoms. The van der Waals surface area contributed by atoms with Crippen molar-refractivity contribution in [2.24, 2.45) is 0 Å². The van der Waals surface area contributed by atoms with Crippen molar-refractivity contribution in [3.8, 4) is 5.75 Å². The quantitative estimate of drug-likeness (QED) is 0.844. The molecule has 3 nitrogen and oxygen atoms in total. The second-order valence-electron chi connectivity index (χ2n) is 4.16. The van der Waals surface area contributed by atoms with Gasteiger partial charge < -0.3 is 9.64 Å². The third-order valence-electron chi connectivity index (χ3n) is 2.59. The lowest BCUT2D eigenvalue weighted by atomic mass is 10.2. The molecule has 0 aliphatic rings.